The van der Waals surface area contributed by atoms with E-state index in [0.29, 0.717) is 28.5 Å². The van der Waals surface area contributed by atoms with Crippen LogP contribution in [0.5, 0.6) is 0 Å². The van der Waals surface area contributed by atoms with Gasteiger partial charge in [0.25, 0.3) is 5.91 Å². The van der Waals surface area contributed by atoms with Crippen LogP contribution in [-0.4, -0.2) is 5.91 Å². The minimum Gasteiger partial charge on any atom is -0.399 e. The molecule has 0 bridgehead atoms. The molecule has 106 valence electrons. The number of aryl methyl sites for hydroxylation is 2. The van der Waals surface area contributed by atoms with Gasteiger partial charge in [-0.25, -0.2) is 0 Å². The van der Waals surface area contributed by atoms with Crippen LogP contribution in [0, 0.1) is 13.8 Å². The number of primary amides is 1. The number of halogens is 1. The molecular formula is C14H16ClN3OS. The molecular weight excluding hydrogens is 294 g/mol. The minimum atomic E-state index is -0.555. The Hall–Kier alpha value is -1.72. The van der Waals surface area contributed by atoms with Crippen molar-refractivity contribution >= 4 is 40.2 Å². The summed E-state index contributed by atoms with van der Waals surface area (Å²) < 4.78 is 0. The molecule has 6 heteroatoms. The average Bonchev–Trinajstić information content (AvgIpc) is 2.66. The van der Waals surface area contributed by atoms with E-state index in [9.17, 15) is 4.79 Å². The Bertz CT molecular complexity index is 647. The van der Waals surface area contributed by atoms with E-state index in [2.05, 4.69) is 25.2 Å². The van der Waals surface area contributed by atoms with Crippen molar-refractivity contribution in [3.63, 3.8) is 0 Å². The Kier molecular flexibility index (Phi) is 4.20. The summed E-state index contributed by atoms with van der Waals surface area (Å²) in [7, 11) is 0. The number of nitrogens with one attached hydrogen (secondary N) is 1. The first-order chi connectivity index (χ1) is 9.38. The van der Waals surface area contributed by atoms with Crippen LogP contribution in [-0.2, 0) is 6.54 Å². The van der Waals surface area contributed by atoms with Crippen molar-refractivity contribution in [3.8, 4) is 0 Å². The number of thiophene rings is 1. The molecule has 1 aromatic heterocycles. The molecule has 2 rings (SSSR count). The van der Waals surface area contributed by atoms with Gasteiger partial charge in [-0.05, 0) is 37.6 Å². The highest BCUT2D eigenvalue weighted by Gasteiger charge is 2.13. The number of rotatable bonds is 4. The molecule has 0 aliphatic heterocycles. The van der Waals surface area contributed by atoms with Crippen molar-refractivity contribution in [3.05, 3.63) is 44.1 Å². The summed E-state index contributed by atoms with van der Waals surface area (Å²) in [6.45, 7) is 4.73. The van der Waals surface area contributed by atoms with E-state index in [1.165, 1.54) is 21.4 Å². The van der Waals surface area contributed by atoms with E-state index in [4.69, 9.17) is 23.1 Å². The summed E-state index contributed by atoms with van der Waals surface area (Å²) in [6, 6.07) is 5.24. The molecule has 0 spiro atoms. The van der Waals surface area contributed by atoms with Crippen LogP contribution in [0.2, 0.25) is 5.02 Å². The average molecular weight is 310 g/mol. The zero-order chi connectivity index (χ0) is 14.9. The first-order valence-corrected chi connectivity index (χ1v) is 7.26. The third-order valence-electron chi connectivity index (χ3n) is 3.03. The molecule has 2 aromatic rings. The van der Waals surface area contributed by atoms with Gasteiger partial charge in [0.05, 0.1) is 16.3 Å². The maximum Gasteiger partial charge on any atom is 0.250 e. The number of hydrogen-bond acceptors (Lipinski definition) is 4. The maximum absolute atomic E-state index is 11.5. The van der Waals surface area contributed by atoms with Gasteiger partial charge in [-0.15, -0.1) is 11.3 Å². The van der Waals surface area contributed by atoms with E-state index in [1.54, 1.807) is 17.4 Å². The van der Waals surface area contributed by atoms with Crippen LogP contribution in [0.1, 0.15) is 25.7 Å². The smallest absolute Gasteiger partial charge is 0.250 e. The van der Waals surface area contributed by atoms with Crippen LogP contribution < -0.4 is 16.8 Å². The Labute approximate surface area is 126 Å². The number of nitrogen functional groups attached to an aromatic ring is 1. The fraction of sp³-hybridized carbons (Fsp3) is 0.214. The van der Waals surface area contributed by atoms with Gasteiger partial charge in [0.2, 0.25) is 0 Å². The Morgan fingerprint density at radius 3 is 2.60 bits per heavy atom. The number of carbonyl (C=O) groups excluding carboxylic acids is 1. The van der Waals surface area contributed by atoms with Crippen molar-refractivity contribution in [2.75, 3.05) is 11.1 Å². The van der Waals surface area contributed by atoms with E-state index in [-0.39, 0.29) is 0 Å². The van der Waals surface area contributed by atoms with Gasteiger partial charge in [-0.2, -0.15) is 0 Å². The molecule has 5 N–H and O–H groups in total. The number of nitrogens with two attached hydrogens (primary N) is 2. The third kappa shape index (κ3) is 3.05. The summed E-state index contributed by atoms with van der Waals surface area (Å²) >= 11 is 7.84. The van der Waals surface area contributed by atoms with Crippen LogP contribution in [0.25, 0.3) is 0 Å². The van der Waals surface area contributed by atoms with Gasteiger partial charge in [-0.1, -0.05) is 11.6 Å². The van der Waals surface area contributed by atoms with E-state index < -0.39 is 5.91 Å². The first-order valence-electron chi connectivity index (χ1n) is 6.07. The highest BCUT2D eigenvalue weighted by Crippen LogP contribution is 2.30. The monoisotopic (exact) mass is 309 g/mol. The number of anilines is 2. The molecule has 4 nitrogen and oxygen atoms in total. The molecule has 0 aliphatic carbocycles. The predicted octanol–water partition coefficient (Wildman–Crippen LogP) is 3.31. The molecule has 1 amide bonds. The molecule has 0 aliphatic rings. The van der Waals surface area contributed by atoms with Gasteiger partial charge in [-0.3, -0.25) is 4.79 Å². The summed E-state index contributed by atoms with van der Waals surface area (Å²) in [6.07, 6.45) is 0. The standard InChI is InChI=1S/C14H16ClN3OS/c1-7-3-10(20-8(7)2)6-18-13-11(14(17)19)4-9(16)5-12(13)15/h3-5,18H,6,16H2,1-2H3,(H2,17,19). The van der Waals surface area contributed by atoms with Crippen LogP contribution in [0.4, 0.5) is 11.4 Å². The largest absolute Gasteiger partial charge is 0.399 e. The van der Waals surface area contributed by atoms with Gasteiger partial charge in [0, 0.05) is 22.0 Å². The van der Waals surface area contributed by atoms with Crippen molar-refractivity contribution < 1.29 is 4.79 Å². The first kappa shape index (κ1) is 14.7. The van der Waals surface area contributed by atoms with Crippen LogP contribution >= 0.6 is 22.9 Å². The van der Waals surface area contributed by atoms with E-state index >= 15 is 0 Å². The fourth-order valence-electron chi connectivity index (χ4n) is 1.91. The van der Waals surface area contributed by atoms with Crippen molar-refractivity contribution in [1.29, 1.82) is 0 Å². The third-order valence-corrected chi connectivity index (χ3v) is 4.49. The zero-order valence-electron chi connectivity index (χ0n) is 11.3. The van der Waals surface area contributed by atoms with Crippen molar-refractivity contribution in [1.82, 2.24) is 0 Å². The lowest BCUT2D eigenvalue weighted by Gasteiger charge is -2.12. The molecule has 0 saturated carbocycles. The van der Waals surface area contributed by atoms with Crippen LogP contribution in [0.15, 0.2) is 18.2 Å². The second-order valence-electron chi connectivity index (χ2n) is 4.60. The van der Waals surface area contributed by atoms with E-state index in [0.717, 1.165) is 0 Å². The lowest BCUT2D eigenvalue weighted by molar-refractivity contribution is 0.100. The zero-order valence-corrected chi connectivity index (χ0v) is 12.9. The lowest BCUT2D eigenvalue weighted by Crippen LogP contribution is -2.15. The van der Waals surface area contributed by atoms with Gasteiger partial charge < -0.3 is 16.8 Å². The highest BCUT2D eigenvalue weighted by molar-refractivity contribution is 7.12. The normalized spacial score (nSPS) is 10.6. The number of hydrogen-bond donors (Lipinski definition) is 3. The Balaban J connectivity index is 2.27. The summed E-state index contributed by atoms with van der Waals surface area (Å²) in [5.41, 5.74) is 13.5. The van der Waals surface area contributed by atoms with E-state index in [1.807, 2.05) is 0 Å². The van der Waals surface area contributed by atoms with Crippen molar-refractivity contribution in [2.24, 2.45) is 5.73 Å². The quantitative estimate of drug-likeness (QED) is 0.758. The van der Waals surface area contributed by atoms with Gasteiger partial charge in [0.1, 0.15) is 0 Å². The molecule has 0 unspecified atom stereocenters. The van der Waals surface area contributed by atoms with Gasteiger partial charge >= 0.3 is 0 Å². The number of amides is 1. The second kappa shape index (κ2) is 5.73. The predicted molar refractivity (Wildman–Crippen MR) is 85.5 cm³/mol. The SMILES string of the molecule is Cc1cc(CNc2c(Cl)cc(N)cc2C(N)=O)sc1C. The van der Waals surface area contributed by atoms with Gasteiger partial charge in [0.15, 0.2) is 0 Å². The molecule has 1 heterocycles. The fourth-order valence-corrected chi connectivity index (χ4v) is 3.20. The maximum atomic E-state index is 11.5. The molecule has 0 atom stereocenters. The lowest BCUT2D eigenvalue weighted by atomic mass is 10.1. The van der Waals surface area contributed by atoms with Crippen LogP contribution in [0.3, 0.4) is 0 Å². The highest BCUT2D eigenvalue weighted by atomic mass is 35.5. The molecule has 20 heavy (non-hydrogen) atoms. The molecule has 0 fully saturated rings. The number of benzene rings is 1. The summed E-state index contributed by atoms with van der Waals surface area (Å²) in [5.74, 6) is -0.555. The minimum absolute atomic E-state index is 0.306. The van der Waals surface area contributed by atoms with Crippen molar-refractivity contribution in [2.45, 2.75) is 20.4 Å². The topological polar surface area (TPSA) is 81.1 Å². The Morgan fingerprint density at radius 2 is 2.05 bits per heavy atom. The Morgan fingerprint density at radius 1 is 1.35 bits per heavy atom. The molecule has 0 radical (unpaired) electrons. The summed E-state index contributed by atoms with van der Waals surface area (Å²) in [5, 5.41) is 3.56. The number of carbonyl (C=O) groups is 1. The second-order valence-corrected chi connectivity index (χ2v) is 6.34. The molecule has 1 aromatic carbocycles. The summed E-state index contributed by atoms with van der Waals surface area (Å²) in [4.78, 5) is 13.9. The molecule has 0 saturated heterocycles.